The lowest BCUT2D eigenvalue weighted by Gasteiger charge is -2.17. The summed E-state index contributed by atoms with van der Waals surface area (Å²) in [6, 6.07) is 0. The molecule has 0 spiro atoms. The highest BCUT2D eigenvalue weighted by Gasteiger charge is 2.31. The van der Waals surface area contributed by atoms with Gasteiger partial charge in [0.2, 0.25) is 5.91 Å². The van der Waals surface area contributed by atoms with Crippen molar-refractivity contribution < 1.29 is 9.53 Å². The fourth-order valence-electron chi connectivity index (χ4n) is 2.46. The molecule has 4 heteroatoms. The van der Waals surface area contributed by atoms with Crippen LogP contribution in [0.1, 0.15) is 39.5 Å². The van der Waals surface area contributed by atoms with Crippen LogP contribution >= 0.6 is 0 Å². The predicted octanol–water partition coefficient (Wildman–Crippen LogP) is 1.54. The maximum Gasteiger partial charge on any atom is 0.223 e. The van der Waals surface area contributed by atoms with Gasteiger partial charge < -0.3 is 15.8 Å². The van der Waals surface area contributed by atoms with Crippen molar-refractivity contribution in [3.63, 3.8) is 0 Å². The molecule has 1 saturated carbocycles. The minimum absolute atomic E-state index is 0.130. The zero-order valence-corrected chi connectivity index (χ0v) is 11.8. The van der Waals surface area contributed by atoms with Crippen molar-refractivity contribution >= 4 is 5.91 Å². The van der Waals surface area contributed by atoms with Gasteiger partial charge in [0.1, 0.15) is 0 Å². The van der Waals surface area contributed by atoms with Gasteiger partial charge in [0.15, 0.2) is 0 Å². The molecule has 106 valence electrons. The Morgan fingerprint density at radius 2 is 2.17 bits per heavy atom. The highest BCUT2D eigenvalue weighted by molar-refractivity contribution is 5.79. The first-order valence-electron chi connectivity index (χ1n) is 7.20. The second kappa shape index (κ2) is 8.48. The Morgan fingerprint density at radius 1 is 1.39 bits per heavy atom. The average Bonchev–Trinajstić information content (AvgIpc) is 2.81. The first-order valence-corrected chi connectivity index (χ1v) is 7.20. The van der Waals surface area contributed by atoms with E-state index in [2.05, 4.69) is 19.2 Å². The molecule has 18 heavy (non-hydrogen) atoms. The van der Waals surface area contributed by atoms with Gasteiger partial charge in [0, 0.05) is 19.1 Å². The fourth-order valence-corrected chi connectivity index (χ4v) is 2.46. The predicted molar refractivity (Wildman–Crippen MR) is 73.2 cm³/mol. The fraction of sp³-hybridized carbons (Fsp3) is 0.929. The summed E-state index contributed by atoms with van der Waals surface area (Å²) in [5, 5.41) is 2.96. The third-order valence-corrected chi connectivity index (χ3v) is 3.68. The highest BCUT2D eigenvalue weighted by Crippen LogP contribution is 2.30. The van der Waals surface area contributed by atoms with Crippen LogP contribution in [0.3, 0.4) is 0 Å². The molecule has 0 saturated heterocycles. The van der Waals surface area contributed by atoms with Crippen LogP contribution in [0.4, 0.5) is 0 Å². The van der Waals surface area contributed by atoms with Crippen LogP contribution in [0.5, 0.6) is 0 Å². The van der Waals surface area contributed by atoms with Crippen molar-refractivity contribution in [3.8, 4) is 0 Å². The molecule has 0 aromatic carbocycles. The third-order valence-electron chi connectivity index (χ3n) is 3.68. The van der Waals surface area contributed by atoms with E-state index >= 15 is 0 Å². The molecule has 0 aromatic rings. The van der Waals surface area contributed by atoms with Crippen LogP contribution < -0.4 is 11.1 Å². The second-order valence-electron chi connectivity index (χ2n) is 5.62. The van der Waals surface area contributed by atoms with Crippen LogP contribution in [-0.4, -0.2) is 32.2 Å². The molecule has 1 aliphatic carbocycles. The number of rotatable bonds is 8. The number of nitrogens with one attached hydrogen (secondary N) is 1. The van der Waals surface area contributed by atoms with Gasteiger partial charge >= 0.3 is 0 Å². The Hall–Kier alpha value is -0.610. The van der Waals surface area contributed by atoms with Crippen molar-refractivity contribution in [1.29, 1.82) is 0 Å². The van der Waals surface area contributed by atoms with E-state index in [1.165, 1.54) is 0 Å². The van der Waals surface area contributed by atoms with Gasteiger partial charge in [-0.2, -0.15) is 0 Å². The summed E-state index contributed by atoms with van der Waals surface area (Å²) in [5.41, 5.74) is 5.68. The van der Waals surface area contributed by atoms with Gasteiger partial charge in [-0.1, -0.05) is 20.3 Å². The van der Waals surface area contributed by atoms with E-state index in [-0.39, 0.29) is 11.8 Å². The Balaban J connectivity index is 2.06. The molecule has 1 amide bonds. The van der Waals surface area contributed by atoms with Crippen molar-refractivity contribution in [2.24, 2.45) is 23.5 Å². The number of nitrogens with two attached hydrogens (primary N) is 1. The molecule has 4 nitrogen and oxygen atoms in total. The van der Waals surface area contributed by atoms with Crippen LogP contribution in [0.25, 0.3) is 0 Å². The second-order valence-corrected chi connectivity index (χ2v) is 5.62. The number of amides is 1. The highest BCUT2D eigenvalue weighted by atomic mass is 16.5. The summed E-state index contributed by atoms with van der Waals surface area (Å²) in [7, 11) is 0. The molecule has 1 fully saturated rings. The minimum Gasteiger partial charge on any atom is -0.380 e. The Labute approximate surface area is 111 Å². The third kappa shape index (κ3) is 5.36. The van der Waals surface area contributed by atoms with E-state index in [0.717, 1.165) is 32.3 Å². The topological polar surface area (TPSA) is 64.3 Å². The monoisotopic (exact) mass is 256 g/mol. The van der Waals surface area contributed by atoms with E-state index in [1.807, 2.05) is 0 Å². The molecular weight excluding hydrogens is 228 g/mol. The van der Waals surface area contributed by atoms with Crippen LogP contribution in [0.15, 0.2) is 0 Å². The van der Waals surface area contributed by atoms with E-state index in [0.29, 0.717) is 31.5 Å². The van der Waals surface area contributed by atoms with Gasteiger partial charge in [0.25, 0.3) is 0 Å². The zero-order valence-electron chi connectivity index (χ0n) is 11.8. The van der Waals surface area contributed by atoms with Crippen molar-refractivity contribution in [3.05, 3.63) is 0 Å². The maximum atomic E-state index is 11.9. The van der Waals surface area contributed by atoms with E-state index in [9.17, 15) is 4.79 Å². The zero-order chi connectivity index (χ0) is 13.4. The molecule has 1 aliphatic rings. The molecule has 2 unspecified atom stereocenters. The first-order chi connectivity index (χ1) is 8.65. The summed E-state index contributed by atoms with van der Waals surface area (Å²) >= 11 is 0. The van der Waals surface area contributed by atoms with Crippen LogP contribution in [0.2, 0.25) is 0 Å². The van der Waals surface area contributed by atoms with E-state index < -0.39 is 0 Å². The Bertz CT molecular complexity index is 244. The molecule has 1 rings (SSSR count). The first kappa shape index (κ1) is 15.4. The number of carbonyl (C=O) groups excluding carboxylic acids is 1. The normalized spacial score (nSPS) is 23.6. The molecule has 2 atom stereocenters. The number of ether oxygens (including phenoxy) is 1. The van der Waals surface area contributed by atoms with Gasteiger partial charge in [-0.25, -0.2) is 0 Å². The van der Waals surface area contributed by atoms with Gasteiger partial charge in [-0.15, -0.1) is 0 Å². The summed E-state index contributed by atoms with van der Waals surface area (Å²) in [4.78, 5) is 11.9. The van der Waals surface area contributed by atoms with Crippen molar-refractivity contribution in [1.82, 2.24) is 5.32 Å². The summed E-state index contributed by atoms with van der Waals surface area (Å²) in [6.45, 7) is 6.99. The summed E-state index contributed by atoms with van der Waals surface area (Å²) in [5.74, 6) is 1.34. The van der Waals surface area contributed by atoms with Crippen molar-refractivity contribution in [2.45, 2.75) is 39.5 Å². The molecule has 3 N–H and O–H groups in total. The molecule has 0 bridgehead atoms. The summed E-state index contributed by atoms with van der Waals surface area (Å²) in [6.07, 6.45) is 4.29. The van der Waals surface area contributed by atoms with E-state index in [4.69, 9.17) is 10.5 Å². The maximum absolute atomic E-state index is 11.9. The molecular formula is C14H28N2O2. The molecule has 0 heterocycles. The Morgan fingerprint density at radius 3 is 2.83 bits per heavy atom. The largest absolute Gasteiger partial charge is 0.380 e. The quantitative estimate of drug-likeness (QED) is 0.647. The molecule has 0 radical (unpaired) electrons. The lowest BCUT2D eigenvalue weighted by atomic mass is 9.95. The van der Waals surface area contributed by atoms with E-state index in [1.54, 1.807) is 0 Å². The smallest absolute Gasteiger partial charge is 0.223 e. The minimum atomic E-state index is 0.130. The number of hydrogen-bond donors (Lipinski definition) is 2. The summed E-state index contributed by atoms with van der Waals surface area (Å²) < 4.78 is 5.47. The van der Waals surface area contributed by atoms with Gasteiger partial charge in [-0.3, -0.25) is 4.79 Å². The lowest BCUT2D eigenvalue weighted by Crippen LogP contribution is -2.36. The SMILES string of the molecule is CC(C)CCOCCNC(=O)C1CCCC1CN. The van der Waals surface area contributed by atoms with Gasteiger partial charge in [-0.05, 0) is 37.6 Å². The lowest BCUT2D eigenvalue weighted by molar-refractivity contribution is -0.126. The van der Waals surface area contributed by atoms with Crippen molar-refractivity contribution in [2.75, 3.05) is 26.3 Å². The molecule has 0 aliphatic heterocycles. The van der Waals surface area contributed by atoms with Crippen LogP contribution in [-0.2, 0) is 9.53 Å². The molecule has 0 aromatic heterocycles. The average molecular weight is 256 g/mol. The number of hydrogen-bond acceptors (Lipinski definition) is 3. The number of carbonyl (C=O) groups is 1. The van der Waals surface area contributed by atoms with Crippen LogP contribution in [0, 0.1) is 17.8 Å². The van der Waals surface area contributed by atoms with Gasteiger partial charge in [0.05, 0.1) is 6.61 Å². The standard InChI is InChI=1S/C14H28N2O2/c1-11(2)6-8-18-9-7-16-14(17)13-5-3-4-12(13)10-15/h11-13H,3-10,15H2,1-2H3,(H,16,17). The Kier molecular flexibility index (Phi) is 7.28.